The minimum atomic E-state index is -1.97. The summed E-state index contributed by atoms with van der Waals surface area (Å²) in [7, 11) is 0. The van der Waals surface area contributed by atoms with Crippen molar-refractivity contribution in [3.05, 3.63) is 40.6 Å². The molecule has 3 saturated heterocycles. The van der Waals surface area contributed by atoms with Crippen LogP contribution in [0.5, 0.6) is 28.7 Å². The van der Waals surface area contributed by atoms with Crippen LogP contribution in [0.1, 0.15) is 6.92 Å². The van der Waals surface area contributed by atoms with Crippen molar-refractivity contribution in [3.8, 4) is 40.1 Å². The Morgan fingerprint density at radius 3 is 1.85 bits per heavy atom. The van der Waals surface area contributed by atoms with E-state index in [1.54, 1.807) is 0 Å². The fourth-order valence-corrected chi connectivity index (χ4v) is 6.28. The Hall–Kier alpha value is -3.91. The van der Waals surface area contributed by atoms with Crippen LogP contribution in [0, 0.1) is 0 Å². The smallest absolute Gasteiger partial charge is 0.239 e. The molecule has 0 radical (unpaired) electrons. The average molecular weight is 773 g/mol. The fourth-order valence-electron chi connectivity index (χ4n) is 6.28. The van der Waals surface area contributed by atoms with Gasteiger partial charge in [-0.3, -0.25) is 4.79 Å². The lowest BCUT2D eigenvalue weighted by Gasteiger charge is -2.45. The van der Waals surface area contributed by atoms with Gasteiger partial charge >= 0.3 is 0 Å². The van der Waals surface area contributed by atoms with Crippen molar-refractivity contribution in [1.82, 2.24) is 0 Å². The molecule has 15 atom stereocenters. The number of aliphatic hydroxyl groups is 10. The number of ether oxygens (including phenoxy) is 6. The number of phenolic OH excluding ortho intramolecular Hbond substituents is 3. The second kappa shape index (κ2) is 15.7. The number of fused-ring (bicyclic) bond motifs is 1. The zero-order valence-corrected chi connectivity index (χ0v) is 28.0. The lowest BCUT2D eigenvalue weighted by Crippen LogP contribution is -2.64. The van der Waals surface area contributed by atoms with Crippen LogP contribution in [0.3, 0.4) is 0 Å². The molecular formula is C33H40O21. The minimum absolute atomic E-state index is 0.116. The topological polar surface area (TPSA) is 349 Å². The molecule has 15 unspecified atom stereocenters. The second-order valence-corrected chi connectivity index (χ2v) is 13.0. The van der Waals surface area contributed by atoms with Crippen molar-refractivity contribution in [2.24, 2.45) is 0 Å². The van der Waals surface area contributed by atoms with Gasteiger partial charge in [-0.15, -0.1) is 0 Å². The molecule has 21 nitrogen and oxygen atoms in total. The molecule has 0 amide bonds. The molecule has 6 rings (SSSR count). The number of hydrogen-bond acceptors (Lipinski definition) is 21. The summed E-state index contributed by atoms with van der Waals surface area (Å²) in [6.45, 7) is -0.255. The second-order valence-electron chi connectivity index (χ2n) is 13.0. The number of rotatable bonds is 9. The molecule has 3 aliphatic rings. The first-order valence-electron chi connectivity index (χ1n) is 16.5. The van der Waals surface area contributed by atoms with E-state index in [1.807, 2.05) is 0 Å². The third-order valence-corrected chi connectivity index (χ3v) is 9.40. The fraction of sp³-hybridized carbons (Fsp3) is 0.545. The van der Waals surface area contributed by atoms with Gasteiger partial charge < -0.3 is 99.2 Å². The maximum atomic E-state index is 14.2. The van der Waals surface area contributed by atoms with Crippen LogP contribution in [0.25, 0.3) is 22.3 Å². The van der Waals surface area contributed by atoms with Crippen molar-refractivity contribution in [2.75, 3.05) is 13.2 Å². The number of aliphatic hydroxyl groups excluding tert-OH is 10. The monoisotopic (exact) mass is 772 g/mol. The van der Waals surface area contributed by atoms with E-state index in [0.717, 1.165) is 24.3 Å². The van der Waals surface area contributed by atoms with Crippen molar-refractivity contribution < 1.29 is 99.2 Å². The van der Waals surface area contributed by atoms with Crippen LogP contribution in [-0.4, -0.2) is 172 Å². The molecular weight excluding hydrogens is 732 g/mol. The van der Waals surface area contributed by atoms with Crippen LogP contribution in [-0.2, 0) is 18.9 Å². The highest BCUT2D eigenvalue weighted by Crippen LogP contribution is 2.41. The molecule has 3 fully saturated rings. The third-order valence-electron chi connectivity index (χ3n) is 9.40. The molecule has 0 bridgehead atoms. The summed E-state index contributed by atoms with van der Waals surface area (Å²) in [6, 6.07) is 5.19. The quantitative estimate of drug-likeness (QED) is 0.0917. The number of hydrogen-bond donors (Lipinski definition) is 13. The van der Waals surface area contributed by atoms with E-state index in [0.29, 0.717) is 0 Å². The highest BCUT2D eigenvalue weighted by molar-refractivity contribution is 5.88. The standard InChI is InChI=1S/C33H40O21/c1-9-19(39)25(45)30(54-32-27(47)24(44)21(41)17(8-35)52-32)33(48-9)53-29-22(42)18-14(38)5-11(49-31-26(46)23(43)20(40)16(7-34)51-31)6-15(18)50-28(29)10-2-3-12(36)13(37)4-10/h2-6,9,16-17,19-21,23-27,30-41,43-47H,7-8H2,1H3. The van der Waals surface area contributed by atoms with Crippen LogP contribution in [0.15, 0.2) is 39.5 Å². The van der Waals surface area contributed by atoms with Gasteiger partial charge in [-0.2, -0.15) is 0 Å². The van der Waals surface area contributed by atoms with Gasteiger partial charge in [-0.25, -0.2) is 0 Å². The Bertz CT molecular complexity index is 1850. The predicted octanol–water partition coefficient (Wildman–Crippen LogP) is -4.21. The lowest BCUT2D eigenvalue weighted by atomic mass is 9.97. The lowest BCUT2D eigenvalue weighted by molar-refractivity contribution is -0.355. The van der Waals surface area contributed by atoms with Crippen molar-refractivity contribution in [3.63, 3.8) is 0 Å². The number of aromatic hydroxyl groups is 3. The van der Waals surface area contributed by atoms with Crippen LogP contribution >= 0.6 is 0 Å². The molecule has 54 heavy (non-hydrogen) atoms. The van der Waals surface area contributed by atoms with Gasteiger partial charge in [0.2, 0.25) is 23.8 Å². The van der Waals surface area contributed by atoms with E-state index < -0.39 is 150 Å². The SMILES string of the molecule is CC1OC(Oc2c(-c3ccc(O)c(O)c3)oc3cc(OC4OC(CO)C(O)C(O)C4O)cc(O)c3c2=O)C(OC2OC(CO)C(O)C(O)C2O)C(O)C1O. The molecule has 1 aromatic heterocycles. The molecule has 13 N–H and O–H groups in total. The molecule has 2 aromatic carbocycles. The molecule has 3 aliphatic heterocycles. The van der Waals surface area contributed by atoms with Gasteiger partial charge in [0.1, 0.15) is 83.5 Å². The number of benzene rings is 2. The van der Waals surface area contributed by atoms with Crippen molar-refractivity contribution in [1.29, 1.82) is 0 Å². The summed E-state index contributed by atoms with van der Waals surface area (Å²) in [5, 5.41) is 133. The van der Waals surface area contributed by atoms with E-state index in [9.17, 15) is 71.2 Å². The first-order chi connectivity index (χ1) is 25.6. The Kier molecular flexibility index (Phi) is 11.5. The summed E-state index contributed by atoms with van der Waals surface area (Å²) < 4.78 is 39.7. The van der Waals surface area contributed by atoms with E-state index >= 15 is 0 Å². The summed E-state index contributed by atoms with van der Waals surface area (Å²) in [5.41, 5.74) is -1.63. The highest BCUT2D eigenvalue weighted by atomic mass is 16.8. The first-order valence-corrected chi connectivity index (χ1v) is 16.5. The van der Waals surface area contributed by atoms with Crippen molar-refractivity contribution >= 4 is 11.0 Å². The first kappa shape index (κ1) is 39.8. The summed E-state index contributed by atoms with van der Waals surface area (Å²) in [5.74, 6) is -3.59. The van der Waals surface area contributed by atoms with E-state index in [1.165, 1.54) is 13.0 Å². The largest absolute Gasteiger partial charge is 0.507 e. The van der Waals surface area contributed by atoms with Crippen molar-refractivity contribution in [2.45, 2.75) is 99.0 Å². The molecule has 3 aromatic rings. The molecule has 0 aliphatic carbocycles. The van der Waals surface area contributed by atoms with E-state index in [4.69, 9.17) is 32.8 Å². The molecule has 298 valence electrons. The zero-order chi connectivity index (χ0) is 39.3. The Morgan fingerprint density at radius 2 is 1.24 bits per heavy atom. The molecule has 0 saturated carbocycles. The van der Waals surface area contributed by atoms with Gasteiger partial charge in [0.05, 0.1) is 19.3 Å². The Balaban J connectivity index is 1.42. The van der Waals surface area contributed by atoms with E-state index in [2.05, 4.69) is 0 Å². The molecule has 21 heteroatoms. The van der Waals surface area contributed by atoms with Gasteiger partial charge in [0.25, 0.3) is 0 Å². The average Bonchev–Trinajstić information content (AvgIpc) is 3.14. The van der Waals surface area contributed by atoms with Gasteiger partial charge in [0.15, 0.2) is 29.7 Å². The normalized spacial score (nSPS) is 37.3. The maximum Gasteiger partial charge on any atom is 0.239 e. The molecule has 0 spiro atoms. The van der Waals surface area contributed by atoms with Gasteiger partial charge in [0, 0.05) is 17.7 Å². The summed E-state index contributed by atoms with van der Waals surface area (Å²) >= 11 is 0. The van der Waals surface area contributed by atoms with E-state index in [-0.39, 0.29) is 11.3 Å². The summed E-state index contributed by atoms with van der Waals surface area (Å²) in [4.78, 5) is 14.2. The van der Waals surface area contributed by atoms with Gasteiger partial charge in [-0.05, 0) is 25.1 Å². The Labute approximate surface area is 303 Å². The minimum Gasteiger partial charge on any atom is -0.507 e. The molecule has 4 heterocycles. The van der Waals surface area contributed by atoms with Crippen LogP contribution < -0.4 is 14.9 Å². The highest BCUT2D eigenvalue weighted by Gasteiger charge is 2.51. The summed E-state index contributed by atoms with van der Waals surface area (Å²) in [6.07, 6.45) is -25.8. The number of phenols is 3. The van der Waals surface area contributed by atoms with Crippen LogP contribution in [0.2, 0.25) is 0 Å². The maximum absolute atomic E-state index is 14.2. The van der Waals surface area contributed by atoms with Crippen LogP contribution in [0.4, 0.5) is 0 Å². The zero-order valence-electron chi connectivity index (χ0n) is 28.0. The predicted molar refractivity (Wildman–Crippen MR) is 173 cm³/mol. The van der Waals surface area contributed by atoms with Gasteiger partial charge in [-0.1, -0.05) is 0 Å². The third kappa shape index (κ3) is 7.27. The Morgan fingerprint density at radius 1 is 0.630 bits per heavy atom.